The van der Waals surface area contributed by atoms with Crippen LogP contribution in [0.3, 0.4) is 0 Å². The van der Waals surface area contributed by atoms with Crippen LogP contribution in [0.25, 0.3) is 11.2 Å². The fourth-order valence-corrected chi connectivity index (χ4v) is 3.17. The van der Waals surface area contributed by atoms with E-state index in [1.165, 1.54) is 6.33 Å². The molecule has 1 aliphatic rings. The summed E-state index contributed by atoms with van der Waals surface area (Å²) in [5.41, 5.74) is 2.62. The third-order valence-electron chi connectivity index (χ3n) is 4.35. The van der Waals surface area contributed by atoms with E-state index in [4.69, 9.17) is 4.74 Å². The maximum Gasteiger partial charge on any atom is 0.182 e. The number of hydrogen-bond acceptors (Lipinski definition) is 6. The zero-order chi connectivity index (χ0) is 15.6. The van der Waals surface area contributed by atoms with Crippen molar-refractivity contribution in [2.75, 3.05) is 18.5 Å². The summed E-state index contributed by atoms with van der Waals surface area (Å²) in [7, 11) is 1.95. The summed E-state index contributed by atoms with van der Waals surface area (Å²) >= 11 is 0. The first kappa shape index (κ1) is 14.1. The average molecular weight is 313 g/mol. The molecule has 1 aliphatic heterocycles. The Hall–Kier alpha value is -2.48. The third kappa shape index (κ3) is 2.65. The van der Waals surface area contributed by atoms with E-state index in [0.29, 0.717) is 11.6 Å². The minimum atomic E-state index is 0.0582. The lowest BCUT2D eigenvalue weighted by molar-refractivity contribution is -0.0284. The second kappa shape index (κ2) is 5.96. The Labute approximate surface area is 133 Å². The first-order valence-corrected chi connectivity index (χ1v) is 7.80. The molecule has 0 saturated carbocycles. The number of imidazole rings is 1. The normalized spacial score (nSPS) is 21.6. The van der Waals surface area contributed by atoms with Crippen molar-refractivity contribution in [1.82, 2.24) is 29.7 Å². The number of rotatable bonds is 4. The molecule has 2 atom stereocenters. The number of aromatic nitrogens is 6. The second-order valence-electron chi connectivity index (χ2n) is 5.78. The van der Waals surface area contributed by atoms with Gasteiger partial charge in [-0.05, 0) is 18.9 Å². The van der Waals surface area contributed by atoms with E-state index in [1.54, 1.807) is 6.33 Å². The highest BCUT2D eigenvalue weighted by Gasteiger charge is 2.29. The fraction of sp³-hybridized carbons (Fsp3) is 0.467. The molecule has 0 aliphatic carbocycles. The molecule has 0 radical (unpaired) electrons. The molecule has 120 valence electrons. The summed E-state index contributed by atoms with van der Waals surface area (Å²) < 4.78 is 7.91. The van der Waals surface area contributed by atoms with Gasteiger partial charge in [0, 0.05) is 32.3 Å². The van der Waals surface area contributed by atoms with Crippen molar-refractivity contribution in [2.24, 2.45) is 13.0 Å². The van der Waals surface area contributed by atoms with Gasteiger partial charge in [-0.15, -0.1) is 0 Å². The van der Waals surface area contributed by atoms with Gasteiger partial charge in [-0.25, -0.2) is 15.0 Å². The third-order valence-corrected chi connectivity index (χ3v) is 4.35. The number of fused-ring (bicyclic) bond motifs is 1. The van der Waals surface area contributed by atoms with Crippen LogP contribution >= 0.6 is 0 Å². The van der Waals surface area contributed by atoms with Gasteiger partial charge in [-0.2, -0.15) is 5.10 Å². The highest BCUT2D eigenvalue weighted by atomic mass is 16.5. The molecule has 4 heterocycles. The molecule has 3 aromatic rings. The standard InChI is InChI=1S/C15H19N7O/c1-22-11(4-5-21-22)13-10(3-2-6-23-13)7-16-14-12-15(18-8-17-12)20-9-19-14/h4-5,8-10,13H,2-3,6-7H2,1H3,(H2,16,17,18,19,20)/t10-,13+/m0/s1. The summed E-state index contributed by atoms with van der Waals surface area (Å²) in [6.07, 6.45) is 7.22. The lowest BCUT2D eigenvalue weighted by atomic mass is 9.92. The van der Waals surface area contributed by atoms with Crippen molar-refractivity contribution in [2.45, 2.75) is 18.9 Å². The maximum atomic E-state index is 6.02. The fourth-order valence-electron chi connectivity index (χ4n) is 3.17. The summed E-state index contributed by atoms with van der Waals surface area (Å²) in [4.78, 5) is 15.7. The molecule has 0 aromatic carbocycles. The molecular weight excluding hydrogens is 294 g/mol. The van der Waals surface area contributed by atoms with E-state index in [0.717, 1.165) is 43.0 Å². The highest BCUT2D eigenvalue weighted by Crippen LogP contribution is 2.33. The van der Waals surface area contributed by atoms with Crippen molar-refractivity contribution >= 4 is 17.0 Å². The Morgan fingerprint density at radius 1 is 1.39 bits per heavy atom. The van der Waals surface area contributed by atoms with Crippen LogP contribution in [-0.2, 0) is 11.8 Å². The van der Waals surface area contributed by atoms with Crippen LogP contribution in [0.15, 0.2) is 24.9 Å². The van der Waals surface area contributed by atoms with Gasteiger partial charge in [0.25, 0.3) is 0 Å². The SMILES string of the molecule is Cn1nccc1[C@@H]1OCCC[C@H]1CNc1ncnc2nc[nH]c12. The Kier molecular flexibility index (Phi) is 3.66. The molecule has 2 N–H and O–H groups in total. The lowest BCUT2D eigenvalue weighted by Crippen LogP contribution is -2.29. The number of nitrogens with zero attached hydrogens (tertiary/aromatic N) is 5. The van der Waals surface area contributed by atoms with Crippen molar-refractivity contribution in [3.8, 4) is 0 Å². The number of hydrogen-bond donors (Lipinski definition) is 2. The maximum absolute atomic E-state index is 6.02. The molecule has 1 saturated heterocycles. The summed E-state index contributed by atoms with van der Waals surface area (Å²) in [6, 6.07) is 2.03. The van der Waals surface area contributed by atoms with Crippen LogP contribution < -0.4 is 5.32 Å². The summed E-state index contributed by atoms with van der Waals surface area (Å²) in [5, 5.41) is 7.68. The average Bonchev–Trinajstić information content (AvgIpc) is 3.22. The van der Waals surface area contributed by atoms with Crippen LogP contribution in [0.5, 0.6) is 0 Å². The number of aryl methyl sites for hydroxylation is 1. The quantitative estimate of drug-likeness (QED) is 0.761. The van der Waals surface area contributed by atoms with E-state index in [2.05, 4.69) is 30.4 Å². The minimum absolute atomic E-state index is 0.0582. The van der Waals surface area contributed by atoms with Gasteiger partial charge >= 0.3 is 0 Å². The van der Waals surface area contributed by atoms with E-state index < -0.39 is 0 Å². The summed E-state index contributed by atoms with van der Waals surface area (Å²) in [5.74, 6) is 1.15. The van der Waals surface area contributed by atoms with Crippen LogP contribution in [0.4, 0.5) is 5.82 Å². The number of anilines is 1. The van der Waals surface area contributed by atoms with Crippen molar-refractivity contribution in [3.05, 3.63) is 30.6 Å². The minimum Gasteiger partial charge on any atom is -0.372 e. The van der Waals surface area contributed by atoms with Gasteiger partial charge in [0.05, 0.1) is 12.0 Å². The van der Waals surface area contributed by atoms with Crippen LogP contribution in [0, 0.1) is 5.92 Å². The van der Waals surface area contributed by atoms with Gasteiger partial charge in [0.1, 0.15) is 17.9 Å². The van der Waals surface area contributed by atoms with E-state index in [1.807, 2.05) is 24.0 Å². The number of nitrogens with one attached hydrogen (secondary N) is 2. The predicted octanol–water partition coefficient (Wildman–Crippen LogP) is 1.67. The molecular formula is C15H19N7O. The van der Waals surface area contributed by atoms with E-state index in [9.17, 15) is 0 Å². The smallest absolute Gasteiger partial charge is 0.182 e. The topological polar surface area (TPSA) is 93.5 Å². The monoisotopic (exact) mass is 313 g/mol. The predicted molar refractivity (Wildman–Crippen MR) is 84.8 cm³/mol. The number of H-pyrrole nitrogens is 1. The van der Waals surface area contributed by atoms with Crippen molar-refractivity contribution < 1.29 is 4.74 Å². The molecule has 0 unspecified atom stereocenters. The molecule has 0 amide bonds. The zero-order valence-corrected chi connectivity index (χ0v) is 12.9. The van der Waals surface area contributed by atoms with Crippen LogP contribution in [-0.4, -0.2) is 42.9 Å². The zero-order valence-electron chi connectivity index (χ0n) is 12.9. The summed E-state index contributed by atoms with van der Waals surface area (Å²) in [6.45, 7) is 1.58. The Morgan fingerprint density at radius 2 is 2.35 bits per heavy atom. The molecule has 4 rings (SSSR count). The molecule has 23 heavy (non-hydrogen) atoms. The largest absolute Gasteiger partial charge is 0.372 e. The van der Waals surface area contributed by atoms with Crippen molar-refractivity contribution in [1.29, 1.82) is 0 Å². The first-order valence-electron chi connectivity index (χ1n) is 7.80. The van der Waals surface area contributed by atoms with Gasteiger partial charge < -0.3 is 15.0 Å². The van der Waals surface area contributed by atoms with E-state index >= 15 is 0 Å². The highest BCUT2D eigenvalue weighted by molar-refractivity contribution is 5.81. The van der Waals surface area contributed by atoms with Gasteiger partial charge in [-0.1, -0.05) is 0 Å². The molecule has 8 nitrogen and oxygen atoms in total. The lowest BCUT2D eigenvalue weighted by Gasteiger charge is -2.32. The molecule has 0 bridgehead atoms. The van der Waals surface area contributed by atoms with Crippen molar-refractivity contribution in [3.63, 3.8) is 0 Å². The molecule has 0 spiro atoms. The van der Waals surface area contributed by atoms with Crippen LogP contribution in [0.2, 0.25) is 0 Å². The Bertz CT molecular complexity index is 796. The molecule has 8 heteroatoms. The van der Waals surface area contributed by atoms with Gasteiger partial charge in [-0.3, -0.25) is 4.68 Å². The molecule has 1 fully saturated rings. The first-order chi connectivity index (χ1) is 11.3. The van der Waals surface area contributed by atoms with Crippen LogP contribution in [0.1, 0.15) is 24.6 Å². The van der Waals surface area contributed by atoms with Gasteiger partial charge in [0.2, 0.25) is 0 Å². The molecule has 3 aromatic heterocycles. The Balaban J connectivity index is 1.52. The van der Waals surface area contributed by atoms with E-state index in [-0.39, 0.29) is 6.10 Å². The number of aromatic amines is 1. The number of ether oxygens (including phenoxy) is 1. The Morgan fingerprint density at radius 3 is 3.22 bits per heavy atom. The van der Waals surface area contributed by atoms with Gasteiger partial charge in [0.15, 0.2) is 11.5 Å². The second-order valence-corrected chi connectivity index (χ2v) is 5.78.